The van der Waals surface area contributed by atoms with E-state index in [4.69, 9.17) is 11.6 Å². The molecule has 0 saturated heterocycles. The Bertz CT molecular complexity index is 1190. The average molecular weight is 381 g/mol. The highest BCUT2D eigenvalue weighted by atomic mass is 35.5. The molecule has 0 radical (unpaired) electrons. The topological polar surface area (TPSA) is 51.1 Å². The molecule has 27 heavy (non-hydrogen) atoms. The molecule has 3 aromatic carbocycles. The number of nitrogens with one attached hydrogen (secondary N) is 1. The Morgan fingerprint density at radius 3 is 2.15 bits per heavy atom. The minimum Gasteiger partial charge on any atom is -0.331 e. The monoisotopic (exact) mass is 380 g/mol. The summed E-state index contributed by atoms with van der Waals surface area (Å²) in [7, 11) is 0. The molecule has 4 nitrogen and oxygen atoms in total. The molecule has 6 heteroatoms. The fraction of sp³-hybridized carbons (Fsp3) is 0.0476. The van der Waals surface area contributed by atoms with Crippen LogP contribution in [0.1, 0.15) is 0 Å². The van der Waals surface area contributed by atoms with Crippen molar-refractivity contribution in [2.45, 2.75) is 6.54 Å². The van der Waals surface area contributed by atoms with E-state index in [1.54, 1.807) is 41.0 Å². The molecule has 134 valence electrons. The van der Waals surface area contributed by atoms with Crippen LogP contribution in [0.25, 0.3) is 21.8 Å². The van der Waals surface area contributed by atoms with Crippen molar-refractivity contribution in [2.75, 3.05) is 5.32 Å². The Kier molecular flexibility index (Phi) is 4.38. The fourth-order valence-corrected chi connectivity index (χ4v) is 3.39. The number of amides is 1. The molecular weight excluding hydrogens is 367 g/mol. The van der Waals surface area contributed by atoms with E-state index in [9.17, 15) is 14.0 Å². The summed E-state index contributed by atoms with van der Waals surface area (Å²) < 4.78 is 15.0. The molecule has 0 saturated carbocycles. The molecule has 0 atom stereocenters. The Hall–Kier alpha value is -3.18. The van der Waals surface area contributed by atoms with Crippen LogP contribution in [0.5, 0.6) is 0 Å². The van der Waals surface area contributed by atoms with E-state index in [1.165, 1.54) is 12.1 Å². The van der Waals surface area contributed by atoms with Gasteiger partial charge in [-0.15, -0.1) is 0 Å². The van der Waals surface area contributed by atoms with E-state index in [0.29, 0.717) is 27.5 Å². The Morgan fingerprint density at radius 1 is 0.963 bits per heavy atom. The summed E-state index contributed by atoms with van der Waals surface area (Å²) in [5.74, 6) is -0.808. The molecule has 0 fully saturated rings. The van der Waals surface area contributed by atoms with Gasteiger partial charge in [-0.1, -0.05) is 35.9 Å². The average Bonchev–Trinajstić information content (AvgIpc) is 2.67. The van der Waals surface area contributed by atoms with Gasteiger partial charge in [-0.3, -0.25) is 9.59 Å². The van der Waals surface area contributed by atoms with Crippen molar-refractivity contribution in [2.24, 2.45) is 0 Å². The number of anilines is 1. The van der Waals surface area contributed by atoms with Crippen LogP contribution in [0.3, 0.4) is 0 Å². The van der Waals surface area contributed by atoms with Gasteiger partial charge in [0.25, 0.3) is 0 Å². The first kappa shape index (κ1) is 17.2. The fourth-order valence-electron chi connectivity index (χ4n) is 3.17. The molecule has 0 aliphatic carbocycles. The van der Waals surface area contributed by atoms with Crippen molar-refractivity contribution in [3.05, 3.63) is 87.8 Å². The minimum atomic E-state index is -0.476. The maximum atomic E-state index is 13.2. The number of halogens is 2. The van der Waals surface area contributed by atoms with Crippen LogP contribution >= 0.6 is 11.6 Å². The highest BCUT2D eigenvalue weighted by Crippen LogP contribution is 2.23. The minimum absolute atomic E-state index is 0.0188. The summed E-state index contributed by atoms with van der Waals surface area (Å²) >= 11 is 5.98. The second-order valence-electron chi connectivity index (χ2n) is 6.12. The van der Waals surface area contributed by atoms with E-state index in [2.05, 4.69) is 5.32 Å². The Morgan fingerprint density at radius 2 is 1.56 bits per heavy atom. The number of aromatic nitrogens is 1. The van der Waals surface area contributed by atoms with Crippen LogP contribution in [-0.4, -0.2) is 10.5 Å². The third-order valence-corrected chi connectivity index (χ3v) is 4.70. The third-order valence-electron chi connectivity index (χ3n) is 4.39. The number of nitrogens with zero attached hydrogens (tertiary/aromatic N) is 1. The van der Waals surface area contributed by atoms with Crippen molar-refractivity contribution in [1.29, 1.82) is 0 Å². The number of pyridine rings is 1. The van der Waals surface area contributed by atoms with Crippen LogP contribution in [-0.2, 0) is 11.3 Å². The van der Waals surface area contributed by atoms with Gasteiger partial charge in [-0.05, 0) is 42.5 Å². The van der Waals surface area contributed by atoms with Gasteiger partial charge in [0.05, 0.1) is 21.7 Å². The van der Waals surface area contributed by atoms with Gasteiger partial charge in [0.1, 0.15) is 12.4 Å². The first-order chi connectivity index (χ1) is 13.0. The predicted molar refractivity (Wildman–Crippen MR) is 106 cm³/mol. The third kappa shape index (κ3) is 3.17. The van der Waals surface area contributed by atoms with Gasteiger partial charge in [0.2, 0.25) is 5.91 Å². The largest absolute Gasteiger partial charge is 0.331 e. The number of carbonyl (C=O) groups is 1. The predicted octanol–water partition coefficient (Wildman–Crippen LogP) is 4.59. The molecule has 0 bridgehead atoms. The molecule has 1 amide bonds. The van der Waals surface area contributed by atoms with Gasteiger partial charge in [-0.25, -0.2) is 4.39 Å². The Labute approximate surface area is 158 Å². The highest BCUT2D eigenvalue weighted by Gasteiger charge is 2.13. The van der Waals surface area contributed by atoms with Crippen molar-refractivity contribution in [3.8, 4) is 0 Å². The maximum absolute atomic E-state index is 13.2. The Balaban J connectivity index is 1.79. The number of para-hydroxylation sites is 2. The van der Waals surface area contributed by atoms with Crippen LogP contribution in [0.4, 0.5) is 10.1 Å². The molecule has 4 aromatic rings. The van der Waals surface area contributed by atoms with Crippen LogP contribution < -0.4 is 10.7 Å². The van der Waals surface area contributed by atoms with Crippen molar-refractivity contribution in [3.63, 3.8) is 0 Å². The quantitative estimate of drug-likeness (QED) is 0.529. The van der Waals surface area contributed by atoms with Crippen LogP contribution in [0.2, 0.25) is 5.02 Å². The molecular formula is C21H14ClFN2O2. The molecule has 0 unspecified atom stereocenters. The van der Waals surface area contributed by atoms with Crippen LogP contribution in [0.15, 0.2) is 71.5 Å². The zero-order valence-electron chi connectivity index (χ0n) is 14.1. The summed E-state index contributed by atoms with van der Waals surface area (Å²) in [5.41, 5.74) is 1.60. The first-order valence-electron chi connectivity index (χ1n) is 8.30. The van der Waals surface area contributed by atoms with E-state index in [0.717, 1.165) is 6.07 Å². The lowest BCUT2D eigenvalue weighted by molar-refractivity contribution is -0.116. The van der Waals surface area contributed by atoms with Gasteiger partial charge in [0, 0.05) is 10.8 Å². The van der Waals surface area contributed by atoms with Crippen molar-refractivity contribution in [1.82, 2.24) is 4.57 Å². The molecule has 1 heterocycles. The van der Waals surface area contributed by atoms with Gasteiger partial charge in [-0.2, -0.15) is 0 Å². The lowest BCUT2D eigenvalue weighted by Crippen LogP contribution is -2.21. The summed E-state index contributed by atoms with van der Waals surface area (Å²) in [6.07, 6.45) is 0. The van der Waals surface area contributed by atoms with Crippen LogP contribution in [0, 0.1) is 5.82 Å². The zero-order valence-corrected chi connectivity index (χ0v) is 14.8. The second-order valence-corrected chi connectivity index (χ2v) is 6.53. The van der Waals surface area contributed by atoms with E-state index >= 15 is 0 Å². The molecule has 0 aliphatic heterocycles. The molecule has 1 N–H and O–H groups in total. The van der Waals surface area contributed by atoms with Gasteiger partial charge >= 0.3 is 0 Å². The van der Waals surface area contributed by atoms with Gasteiger partial charge in [0.15, 0.2) is 5.43 Å². The summed E-state index contributed by atoms with van der Waals surface area (Å²) in [6, 6.07) is 18.1. The summed E-state index contributed by atoms with van der Waals surface area (Å²) in [5, 5.41) is 3.91. The second kappa shape index (κ2) is 6.85. The number of hydrogen-bond donors (Lipinski definition) is 1. The summed E-state index contributed by atoms with van der Waals surface area (Å²) in [6.45, 7) is -0.0188. The number of hydrogen-bond acceptors (Lipinski definition) is 2. The van der Waals surface area contributed by atoms with Gasteiger partial charge < -0.3 is 9.88 Å². The smallest absolute Gasteiger partial charge is 0.244 e. The number of benzene rings is 3. The molecule has 4 rings (SSSR count). The zero-order chi connectivity index (χ0) is 19.0. The lowest BCUT2D eigenvalue weighted by Gasteiger charge is -2.15. The molecule has 1 aromatic heterocycles. The maximum Gasteiger partial charge on any atom is 0.244 e. The number of rotatable bonds is 3. The van der Waals surface area contributed by atoms with Crippen molar-refractivity contribution >= 4 is 45.0 Å². The standard InChI is InChI=1S/C21H14ClFN2O2/c22-16-11-13(23)9-10-17(16)24-20(26)12-25-18-7-3-1-5-14(18)21(27)15-6-2-4-8-19(15)25/h1-11H,12H2,(H,24,26). The lowest BCUT2D eigenvalue weighted by atomic mass is 10.1. The molecule has 0 aliphatic rings. The molecule has 0 spiro atoms. The summed E-state index contributed by atoms with van der Waals surface area (Å²) in [4.78, 5) is 25.4. The number of carbonyl (C=O) groups excluding carboxylic acids is 1. The van der Waals surface area contributed by atoms with E-state index < -0.39 is 5.82 Å². The highest BCUT2D eigenvalue weighted by molar-refractivity contribution is 6.33. The van der Waals surface area contributed by atoms with E-state index in [-0.39, 0.29) is 22.9 Å². The number of fused-ring (bicyclic) bond motifs is 2. The van der Waals surface area contributed by atoms with Crippen molar-refractivity contribution < 1.29 is 9.18 Å². The van der Waals surface area contributed by atoms with E-state index in [1.807, 2.05) is 12.1 Å². The SMILES string of the molecule is O=C(Cn1c2ccccc2c(=O)c2ccccc21)Nc1ccc(F)cc1Cl. The first-order valence-corrected chi connectivity index (χ1v) is 8.67. The normalized spacial score (nSPS) is 11.0.